The summed E-state index contributed by atoms with van der Waals surface area (Å²) in [4.78, 5) is 13.8. The Bertz CT molecular complexity index is 611. The average Bonchev–Trinajstić information content (AvgIpc) is 2.46. The molecule has 1 unspecified atom stereocenters. The van der Waals surface area contributed by atoms with Crippen molar-refractivity contribution in [3.63, 3.8) is 0 Å². The van der Waals surface area contributed by atoms with Gasteiger partial charge in [-0.1, -0.05) is 13.0 Å². The maximum absolute atomic E-state index is 11.8. The Morgan fingerprint density at radius 3 is 2.48 bits per heavy atom. The molecule has 1 aromatic rings. The van der Waals surface area contributed by atoms with E-state index in [-0.39, 0.29) is 48.1 Å². The Kier molecular flexibility index (Phi) is 8.90. The molecule has 6 nitrogen and oxygen atoms in total. The van der Waals surface area contributed by atoms with Crippen molar-refractivity contribution in [1.29, 1.82) is 0 Å². The number of sulfone groups is 1. The second-order valence-corrected chi connectivity index (χ2v) is 7.62. The molecule has 0 aromatic heterocycles. The van der Waals surface area contributed by atoms with Gasteiger partial charge in [0.15, 0.2) is 9.84 Å². The van der Waals surface area contributed by atoms with Crippen LogP contribution in [0.15, 0.2) is 24.3 Å². The number of benzene rings is 1. The second kappa shape index (κ2) is 9.32. The minimum absolute atomic E-state index is 0. The van der Waals surface area contributed by atoms with E-state index in [9.17, 15) is 13.2 Å². The summed E-state index contributed by atoms with van der Waals surface area (Å²) >= 11 is 0. The van der Waals surface area contributed by atoms with Crippen LogP contribution in [0.4, 0.5) is 11.4 Å². The van der Waals surface area contributed by atoms with Crippen molar-refractivity contribution in [1.82, 2.24) is 0 Å². The summed E-state index contributed by atoms with van der Waals surface area (Å²) in [5.74, 6) is -0.00800. The molecule has 132 valence electrons. The van der Waals surface area contributed by atoms with Gasteiger partial charge in [0.1, 0.15) is 0 Å². The molecule has 1 saturated heterocycles. The standard InChI is InChI=1S/C14H21N3O3S.2ClH/c1-11(10-15)14(18)16-12-3-2-4-13(9-12)17-5-7-21(19,20)8-6-17;;/h2-4,9,11H,5-8,10,15H2,1H3,(H,16,18);2*1H. The molecule has 1 aliphatic heterocycles. The van der Waals surface area contributed by atoms with Crippen LogP contribution in [0, 0.1) is 5.92 Å². The van der Waals surface area contributed by atoms with Crippen molar-refractivity contribution < 1.29 is 13.2 Å². The van der Waals surface area contributed by atoms with Gasteiger partial charge in [-0.15, -0.1) is 24.8 Å². The van der Waals surface area contributed by atoms with Crippen LogP contribution >= 0.6 is 24.8 Å². The van der Waals surface area contributed by atoms with Crippen molar-refractivity contribution in [2.24, 2.45) is 11.7 Å². The third kappa shape index (κ3) is 6.18. The molecule has 1 amide bonds. The van der Waals surface area contributed by atoms with E-state index in [1.54, 1.807) is 6.92 Å². The minimum atomic E-state index is -2.89. The summed E-state index contributed by atoms with van der Waals surface area (Å²) in [6.45, 7) is 3.04. The van der Waals surface area contributed by atoms with Crippen LogP contribution in [0.1, 0.15) is 6.92 Å². The summed E-state index contributed by atoms with van der Waals surface area (Å²) in [6.07, 6.45) is 0. The Morgan fingerprint density at radius 2 is 1.91 bits per heavy atom. The van der Waals surface area contributed by atoms with E-state index >= 15 is 0 Å². The quantitative estimate of drug-likeness (QED) is 0.816. The summed E-state index contributed by atoms with van der Waals surface area (Å²) in [7, 11) is -2.89. The molecule has 9 heteroatoms. The van der Waals surface area contributed by atoms with Crippen molar-refractivity contribution in [3.05, 3.63) is 24.3 Å². The fourth-order valence-corrected chi connectivity index (χ4v) is 3.32. The van der Waals surface area contributed by atoms with Crippen LogP contribution < -0.4 is 16.0 Å². The van der Waals surface area contributed by atoms with Gasteiger partial charge in [-0.3, -0.25) is 4.79 Å². The van der Waals surface area contributed by atoms with Crippen molar-refractivity contribution in [2.75, 3.05) is 41.4 Å². The highest BCUT2D eigenvalue weighted by Gasteiger charge is 2.22. The van der Waals surface area contributed by atoms with Gasteiger partial charge in [-0.2, -0.15) is 0 Å². The number of hydrogen-bond donors (Lipinski definition) is 2. The Balaban J connectivity index is 0.00000242. The first kappa shape index (κ1) is 22.0. The SMILES string of the molecule is CC(CN)C(=O)Nc1cccc(N2CCS(=O)(=O)CC2)c1.Cl.Cl. The van der Waals surface area contributed by atoms with Crippen molar-refractivity contribution in [2.45, 2.75) is 6.92 Å². The van der Waals surface area contributed by atoms with Gasteiger partial charge in [0, 0.05) is 36.9 Å². The molecule has 0 aliphatic carbocycles. The minimum Gasteiger partial charge on any atom is -0.369 e. The lowest BCUT2D eigenvalue weighted by Crippen LogP contribution is -2.40. The molecular weight excluding hydrogens is 361 g/mol. The monoisotopic (exact) mass is 383 g/mol. The van der Waals surface area contributed by atoms with Crippen LogP contribution in [0.3, 0.4) is 0 Å². The molecule has 1 heterocycles. The highest BCUT2D eigenvalue weighted by Crippen LogP contribution is 2.21. The van der Waals surface area contributed by atoms with E-state index in [0.29, 0.717) is 25.3 Å². The molecule has 0 saturated carbocycles. The number of nitrogens with one attached hydrogen (secondary N) is 1. The number of rotatable bonds is 4. The summed E-state index contributed by atoms with van der Waals surface area (Å²) in [6, 6.07) is 7.44. The fraction of sp³-hybridized carbons (Fsp3) is 0.500. The molecule has 0 bridgehead atoms. The van der Waals surface area contributed by atoms with E-state index in [1.807, 2.05) is 29.2 Å². The predicted molar refractivity (Wildman–Crippen MR) is 98.7 cm³/mol. The van der Waals surface area contributed by atoms with Crippen molar-refractivity contribution >= 4 is 51.9 Å². The van der Waals surface area contributed by atoms with Gasteiger partial charge in [0.25, 0.3) is 0 Å². The summed E-state index contributed by atoms with van der Waals surface area (Å²) in [5, 5.41) is 2.82. The van der Waals surface area contributed by atoms with Gasteiger partial charge >= 0.3 is 0 Å². The van der Waals surface area contributed by atoms with Crippen LogP contribution in [-0.4, -0.2) is 45.5 Å². The molecule has 1 aromatic carbocycles. The summed E-state index contributed by atoms with van der Waals surface area (Å²) < 4.78 is 22.9. The number of carbonyl (C=O) groups excluding carboxylic acids is 1. The summed E-state index contributed by atoms with van der Waals surface area (Å²) in [5.41, 5.74) is 7.09. The molecule has 1 aliphatic rings. The fourth-order valence-electron chi connectivity index (χ4n) is 2.12. The highest BCUT2D eigenvalue weighted by molar-refractivity contribution is 7.91. The first-order valence-corrected chi connectivity index (χ1v) is 8.80. The largest absolute Gasteiger partial charge is 0.369 e. The van der Waals surface area contributed by atoms with Gasteiger partial charge < -0.3 is 16.0 Å². The Morgan fingerprint density at radius 1 is 1.30 bits per heavy atom. The topological polar surface area (TPSA) is 92.5 Å². The van der Waals surface area contributed by atoms with Crippen LogP contribution in [0.25, 0.3) is 0 Å². The first-order chi connectivity index (χ1) is 9.91. The van der Waals surface area contributed by atoms with Crippen molar-refractivity contribution in [3.8, 4) is 0 Å². The zero-order chi connectivity index (χ0) is 15.5. The molecule has 0 spiro atoms. The highest BCUT2D eigenvalue weighted by atomic mass is 35.5. The number of carbonyl (C=O) groups is 1. The van der Waals surface area contributed by atoms with Gasteiger partial charge in [-0.05, 0) is 18.2 Å². The molecule has 23 heavy (non-hydrogen) atoms. The predicted octanol–water partition coefficient (Wildman–Crippen LogP) is 1.30. The van der Waals surface area contributed by atoms with E-state index in [0.717, 1.165) is 5.69 Å². The second-order valence-electron chi connectivity index (χ2n) is 5.32. The number of nitrogens with two attached hydrogens (primary N) is 1. The molecule has 3 N–H and O–H groups in total. The van der Waals surface area contributed by atoms with Crippen LogP contribution in [0.5, 0.6) is 0 Å². The molecule has 2 rings (SSSR count). The zero-order valence-corrected chi connectivity index (χ0v) is 15.3. The lowest BCUT2D eigenvalue weighted by Gasteiger charge is -2.29. The van der Waals surface area contributed by atoms with Gasteiger partial charge in [0.2, 0.25) is 5.91 Å². The number of anilines is 2. The Hall–Kier alpha value is -1.02. The maximum Gasteiger partial charge on any atom is 0.228 e. The third-order valence-corrected chi connectivity index (χ3v) is 5.23. The molecule has 1 atom stereocenters. The average molecular weight is 384 g/mol. The van der Waals surface area contributed by atoms with E-state index in [1.165, 1.54) is 0 Å². The molecule has 1 fully saturated rings. The maximum atomic E-state index is 11.8. The smallest absolute Gasteiger partial charge is 0.228 e. The van der Waals surface area contributed by atoms with E-state index in [4.69, 9.17) is 5.73 Å². The van der Waals surface area contributed by atoms with Gasteiger partial charge in [0.05, 0.1) is 11.5 Å². The zero-order valence-electron chi connectivity index (χ0n) is 12.9. The van der Waals surface area contributed by atoms with Crippen LogP contribution in [-0.2, 0) is 14.6 Å². The number of nitrogens with zero attached hydrogens (tertiary/aromatic N) is 1. The number of halogens is 2. The molecule has 0 radical (unpaired) electrons. The third-order valence-electron chi connectivity index (χ3n) is 3.62. The lowest BCUT2D eigenvalue weighted by molar-refractivity contribution is -0.119. The Labute approximate surface area is 149 Å². The van der Waals surface area contributed by atoms with Crippen LogP contribution in [0.2, 0.25) is 0 Å². The number of amides is 1. The number of hydrogen-bond acceptors (Lipinski definition) is 5. The normalized spacial score (nSPS) is 17.4. The first-order valence-electron chi connectivity index (χ1n) is 6.97. The van der Waals surface area contributed by atoms with E-state index in [2.05, 4.69) is 5.32 Å². The lowest BCUT2D eigenvalue weighted by atomic mass is 10.1. The van der Waals surface area contributed by atoms with E-state index < -0.39 is 9.84 Å². The van der Waals surface area contributed by atoms with Gasteiger partial charge in [-0.25, -0.2) is 8.42 Å². The molecular formula is C14H23Cl2N3O3S.